The van der Waals surface area contributed by atoms with E-state index in [9.17, 15) is 9.59 Å². The van der Waals surface area contributed by atoms with Gasteiger partial charge in [-0.05, 0) is 25.1 Å². The largest absolute Gasteiger partial charge is 0.482 e. The second kappa shape index (κ2) is 7.92. The van der Waals surface area contributed by atoms with Crippen LogP contribution in [0.4, 0.5) is 0 Å². The summed E-state index contributed by atoms with van der Waals surface area (Å²) in [6.45, 7) is 0.483. The van der Waals surface area contributed by atoms with Gasteiger partial charge in [-0.15, -0.1) is 0 Å². The molecule has 2 N–H and O–H groups in total. The minimum atomic E-state index is -0.740. The number of allylic oxidation sites excluding steroid dienone is 1. The summed E-state index contributed by atoms with van der Waals surface area (Å²) in [5, 5.41) is 9.19. The van der Waals surface area contributed by atoms with E-state index in [1.807, 2.05) is 0 Å². The molecule has 0 saturated heterocycles. The molecule has 0 aliphatic heterocycles. The normalized spacial score (nSPS) is 11.1. The maximum Gasteiger partial charge on any atom is 0.344 e. The van der Waals surface area contributed by atoms with Crippen LogP contribution in [0.3, 0.4) is 0 Å². The lowest BCUT2D eigenvalue weighted by Gasteiger charge is -2.07. The minimum Gasteiger partial charge on any atom is -0.482 e. The zero-order valence-corrected chi connectivity index (χ0v) is 12.0. The van der Waals surface area contributed by atoms with Crippen molar-refractivity contribution in [1.29, 1.82) is 5.26 Å². The Kier molecular flexibility index (Phi) is 6.24. The number of esters is 1. The topological polar surface area (TPSA) is 102 Å². The van der Waals surface area contributed by atoms with E-state index >= 15 is 0 Å². The van der Waals surface area contributed by atoms with Gasteiger partial charge in [0.2, 0.25) is 5.78 Å². The van der Waals surface area contributed by atoms with Crippen LogP contribution < -0.4 is 10.5 Å². The molecule has 110 valence electrons. The van der Waals surface area contributed by atoms with Crippen molar-refractivity contribution in [3.63, 3.8) is 0 Å². The van der Waals surface area contributed by atoms with Crippen LogP contribution in [0.1, 0.15) is 6.92 Å². The van der Waals surface area contributed by atoms with E-state index < -0.39 is 18.4 Å². The summed E-state index contributed by atoms with van der Waals surface area (Å²) >= 11 is 5.75. The molecule has 0 amide bonds. The molecule has 0 spiro atoms. The number of benzene rings is 1. The third-order valence-electron chi connectivity index (χ3n) is 2.30. The first-order valence-corrected chi connectivity index (χ1v) is 6.25. The molecule has 6 nitrogen and oxygen atoms in total. The molecule has 1 rings (SSSR count). The van der Waals surface area contributed by atoms with Crippen LogP contribution in [0.25, 0.3) is 0 Å². The zero-order valence-electron chi connectivity index (χ0n) is 11.3. The number of halogens is 1. The van der Waals surface area contributed by atoms with E-state index in [2.05, 4.69) is 0 Å². The van der Waals surface area contributed by atoms with Crippen LogP contribution in [-0.4, -0.2) is 25.0 Å². The van der Waals surface area contributed by atoms with E-state index in [-0.39, 0.29) is 17.9 Å². The summed E-state index contributed by atoms with van der Waals surface area (Å²) in [7, 11) is 0. The molecule has 0 atom stereocenters. The Bertz CT molecular complexity index is 616. The Hall–Kier alpha value is -2.52. The molecule has 0 radical (unpaired) electrons. The lowest BCUT2D eigenvalue weighted by molar-refractivity contribution is -0.149. The molecule has 21 heavy (non-hydrogen) atoms. The Balaban J connectivity index is 2.44. The molecule has 0 bridgehead atoms. The third kappa shape index (κ3) is 5.55. The standard InChI is InChI=1S/C14H13ClN2O4/c1-9(17)12(6-16)13(18)7-21-14(19)8-20-11-4-2-3-10(15)5-11/h2-5H,7-8,17H2,1H3/b12-9+. The van der Waals surface area contributed by atoms with Crippen molar-refractivity contribution < 1.29 is 19.1 Å². The van der Waals surface area contributed by atoms with E-state index in [1.165, 1.54) is 13.0 Å². The van der Waals surface area contributed by atoms with Gasteiger partial charge in [-0.3, -0.25) is 4.79 Å². The Morgan fingerprint density at radius 1 is 1.38 bits per heavy atom. The van der Waals surface area contributed by atoms with Crippen molar-refractivity contribution in [2.45, 2.75) is 6.92 Å². The van der Waals surface area contributed by atoms with Crippen molar-refractivity contribution in [1.82, 2.24) is 0 Å². The maximum atomic E-state index is 11.5. The van der Waals surface area contributed by atoms with Gasteiger partial charge in [-0.2, -0.15) is 5.26 Å². The lowest BCUT2D eigenvalue weighted by atomic mass is 10.1. The Morgan fingerprint density at radius 2 is 2.10 bits per heavy atom. The van der Waals surface area contributed by atoms with Crippen molar-refractivity contribution in [2.24, 2.45) is 5.73 Å². The van der Waals surface area contributed by atoms with E-state index in [0.717, 1.165) is 0 Å². The van der Waals surface area contributed by atoms with Crippen LogP contribution in [0.5, 0.6) is 5.75 Å². The molecular weight excluding hydrogens is 296 g/mol. The second-order valence-corrected chi connectivity index (χ2v) is 4.44. The summed E-state index contributed by atoms with van der Waals surface area (Å²) in [6.07, 6.45) is 0. The second-order valence-electron chi connectivity index (χ2n) is 4.00. The molecule has 0 aromatic heterocycles. The summed E-state index contributed by atoms with van der Waals surface area (Å²) in [6, 6.07) is 8.15. The van der Waals surface area contributed by atoms with Gasteiger partial charge < -0.3 is 15.2 Å². The average molecular weight is 309 g/mol. The van der Waals surface area contributed by atoms with Crippen LogP contribution in [0.2, 0.25) is 5.02 Å². The Labute approximate surface area is 126 Å². The zero-order chi connectivity index (χ0) is 15.8. The third-order valence-corrected chi connectivity index (χ3v) is 2.54. The van der Waals surface area contributed by atoms with Gasteiger partial charge in [0, 0.05) is 10.7 Å². The highest BCUT2D eigenvalue weighted by molar-refractivity contribution is 6.30. The molecule has 0 unspecified atom stereocenters. The molecule has 0 fully saturated rings. The Morgan fingerprint density at radius 3 is 2.67 bits per heavy atom. The first kappa shape index (κ1) is 16.5. The average Bonchev–Trinajstić information content (AvgIpc) is 2.43. The molecule has 0 heterocycles. The fourth-order valence-corrected chi connectivity index (χ4v) is 1.51. The van der Waals surface area contributed by atoms with Crippen LogP contribution in [0, 0.1) is 11.3 Å². The fourth-order valence-electron chi connectivity index (χ4n) is 1.33. The van der Waals surface area contributed by atoms with E-state index in [4.69, 9.17) is 32.1 Å². The maximum absolute atomic E-state index is 11.5. The van der Waals surface area contributed by atoms with Crippen molar-refractivity contribution >= 4 is 23.4 Å². The smallest absolute Gasteiger partial charge is 0.344 e. The monoisotopic (exact) mass is 308 g/mol. The number of carbonyl (C=O) groups excluding carboxylic acids is 2. The number of nitrogens with two attached hydrogens (primary N) is 1. The number of rotatable bonds is 6. The highest BCUT2D eigenvalue weighted by atomic mass is 35.5. The predicted octanol–water partition coefficient (Wildman–Crippen LogP) is 1.59. The minimum absolute atomic E-state index is 0.0775. The van der Waals surface area contributed by atoms with E-state index in [0.29, 0.717) is 10.8 Å². The van der Waals surface area contributed by atoms with Crippen LogP contribution >= 0.6 is 11.6 Å². The van der Waals surface area contributed by atoms with Gasteiger partial charge in [-0.25, -0.2) is 4.79 Å². The molecule has 1 aromatic carbocycles. The number of Topliss-reactive ketones (excluding diaryl/α,β-unsaturated/α-hetero) is 1. The first-order valence-electron chi connectivity index (χ1n) is 5.87. The summed E-state index contributed by atoms with van der Waals surface area (Å²) in [4.78, 5) is 23.0. The lowest BCUT2D eigenvalue weighted by Crippen LogP contribution is -2.21. The summed E-state index contributed by atoms with van der Waals surface area (Å²) in [5.41, 5.74) is 5.22. The molecule has 1 aromatic rings. The highest BCUT2D eigenvalue weighted by Gasteiger charge is 2.14. The van der Waals surface area contributed by atoms with Crippen molar-refractivity contribution in [3.05, 3.63) is 40.6 Å². The molecule has 7 heteroatoms. The first-order chi connectivity index (χ1) is 9.93. The predicted molar refractivity (Wildman–Crippen MR) is 75.4 cm³/mol. The van der Waals surface area contributed by atoms with Crippen LogP contribution in [-0.2, 0) is 14.3 Å². The molecule has 0 aliphatic carbocycles. The quantitative estimate of drug-likeness (QED) is 0.486. The number of nitrogens with zero attached hydrogens (tertiary/aromatic N) is 1. The molecular formula is C14H13ClN2O4. The van der Waals surface area contributed by atoms with Gasteiger partial charge in [0.15, 0.2) is 13.2 Å². The molecule has 0 saturated carbocycles. The SMILES string of the molecule is C/C(N)=C(/C#N)C(=O)COC(=O)COc1cccc(Cl)c1. The number of hydrogen-bond donors (Lipinski definition) is 1. The van der Waals surface area contributed by atoms with Crippen LogP contribution in [0.15, 0.2) is 35.5 Å². The fraction of sp³-hybridized carbons (Fsp3) is 0.214. The number of carbonyl (C=O) groups is 2. The van der Waals surface area contributed by atoms with E-state index in [1.54, 1.807) is 24.3 Å². The number of hydrogen-bond acceptors (Lipinski definition) is 6. The highest BCUT2D eigenvalue weighted by Crippen LogP contribution is 2.16. The number of ether oxygens (including phenoxy) is 2. The van der Waals surface area contributed by atoms with Gasteiger partial charge in [0.05, 0.1) is 0 Å². The van der Waals surface area contributed by atoms with Gasteiger partial charge in [0.1, 0.15) is 17.4 Å². The molecule has 0 aliphatic rings. The van der Waals surface area contributed by atoms with Gasteiger partial charge >= 0.3 is 5.97 Å². The summed E-state index contributed by atoms with van der Waals surface area (Å²) in [5.74, 6) is -0.995. The van der Waals surface area contributed by atoms with Gasteiger partial charge in [0.25, 0.3) is 0 Å². The number of nitriles is 1. The summed E-state index contributed by atoms with van der Waals surface area (Å²) < 4.78 is 9.84. The van der Waals surface area contributed by atoms with Gasteiger partial charge in [-0.1, -0.05) is 17.7 Å². The number of ketones is 1. The van der Waals surface area contributed by atoms with Crippen molar-refractivity contribution in [3.8, 4) is 11.8 Å². The van der Waals surface area contributed by atoms with Crippen molar-refractivity contribution in [2.75, 3.05) is 13.2 Å².